The van der Waals surface area contributed by atoms with Crippen LogP contribution >= 0.6 is 0 Å². The van der Waals surface area contributed by atoms with Crippen LogP contribution in [0.4, 0.5) is 11.8 Å². The summed E-state index contributed by atoms with van der Waals surface area (Å²) < 4.78 is 7.38. The molecule has 0 fully saturated rings. The fourth-order valence-corrected chi connectivity index (χ4v) is 3.64. The number of methoxy groups -OCH3 is 1. The molecule has 0 aliphatic rings. The van der Waals surface area contributed by atoms with Crippen molar-refractivity contribution in [2.24, 2.45) is 0 Å². The highest BCUT2D eigenvalue weighted by Gasteiger charge is 2.20. The minimum Gasteiger partial charge on any atom is -0.496 e. The van der Waals surface area contributed by atoms with Crippen molar-refractivity contribution >= 4 is 22.8 Å². The summed E-state index contributed by atoms with van der Waals surface area (Å²) in [6, 6.07) is 5.72. The van der Waals surface area contributed by atoms with E-state index < -0.39 is 5.60 Å². The van der Waals surface area contributed by atoms with E-state index in [1.807, 2.05) is 18.2 Å². The lowest BCUT2D eigenvalue weighted by molar-refractivity contribution is 0.0783. The molecule has 0 unspecified atom stereocenters. The topological polar surface area (TPSA) is 131 Å². The Bertz CT molecular complexity index is 1020. The molecule has 3 rings (SSSR count). The fourth-order valence-electron chi connectivity index (χ4n) is 3.64. The van der Waals surface area contributed by atoms with Crippen molar-refractivity contribution < 1.29 is 14.9 Å². The Hall–Kier alpha value is -2.91. The largest absolute Gasteiger partial charge is 0.496 e. The molecule has 9 nitrogen and oxygen atoms in total. The number of nitrogens with two attached hydrogens (primary N) is 1. The Morgan fingerprint density at radius 3 is 2.68 bits per heavy atom. The number of rotatable bonds is 10. The quantitative estimate of drug-likeness (QED) is 0.388. The summed E-state index contributed by atoms with van der Waals surface area (Å²) in [7, 11) is 1.61. The molecular formula is C22H32N6O3. The van der Waals surface area contributed by atoms with Crippen LogP contribution in [0, 0.1) is 0 Å². The maximum absolute atomic E-state index is 10.3. The van der Waals surface area contributed by atoms with E-state index in [1.54, 1.807) is 31.8 Å². The molecule has 0 spiro atoms. The predicted octanol–water partition coefficient (Wildman–Crippen LogP) is 2.66. The third kappa shape index (κ3) is 5.23. The highest BCUT2D eigenvalue weighted by atomic mass is 16.5. The van der Waals surface area contributed by atoms with Crippen LogP contribution < -0.4 is 15.8 Å². The van der Waals surface area contributed by atoms with E-state index in [9.17, 15) is 10.2 Å². The van der Waals surface area contributed by atoms with Crippen molar-refractivity contribution in [3.05, 3.63) is 35.5 Å². The van der Waals surface area contributed by atoms with Crippen molar-refractivity contribution in [1.82, 2.24) is 19.7 Å². The number of nitrogen functional groups attached to an aromatic ring is 1. The Balaban J connectivity index is 2.00. The minimum atomic E-state index is -0.965. The van der Waals surface area contributed by atoms with Gasteiger partial charge in [-0.25, -0.2) is 4.98 Å². The van der Waals surface area contributed by atoms with Gasteiger partial charge in [-0.2, -0.15) is 10.1 Å². The van der Waals surface area contributed by atoms with E-state index in [4.69, 9.17) is 10.5 Å². The summed E-state index contributed by atoms with van der Waals surface area (Å²) in [4.78, 5) is 8.73. The second-order valence-corrected chi connectivity index (χ2v) is 8.19. The number of aliphatic hydroxyl groups is 2. The molecule has 1 atom stereocenters. The maximum Gasteiger partial charge on any atom is 0.222 e. The number of anilines is 2. The van der Waals surface area contributed by atoms with Gasteiger partial charge in [0.25, 0.3) is 0 Å². The second-order valence-electron chi connectivity index (χ2n) is 8.19. The standard InChI is InChI=1S/C22H32N6O3/c1-5-6-16(9-10-29)25-20-19-17(26-21(23)27-20)12-24-28(19)13-14-7-8-15(22(2,3)30)11-18(14)31-4/h7-8,11-12,16,29-30H,5-6,9-10,13H2,1-4H3,(H3,23,25,26,27)/t16-/m0/s1. The molecule has 168 valence electrons. The van der Waals surface area contributed by atoms with Crippen molar-refractivity contribution in [1.29, 1.82) is 0 Å². The molecule has 0 saturated carbocycles. The van der Waals surface area contributed by atoms with Crippen molar-refractivity contribution in [2.45, 2.75) is 58.2 Å². The molecule has 0 radical (unpaired) electrons. The molecule has 2 aromatic heterocycles. The third-order valence-electron chi connectivity index (χ3n) is 5.27. The molecule has 1 aromatic carbocycles. The summed E-state index contributed by atoms with van der Waals surface area (Å²) in [5.74, 6) is 1.43. The lowest BCUT2D eigenvalue weighted by atomic mass is 9.96. The zero-order valence-corrected chi connectivity index (χ0v) is 18.6. The highest BCUT2D eigenvalue weighted by Crippen LogP contribution is 2.29. The summed E-state index contributed by atoms with van der Waals surface area (Å²) in [5.41, 5.74) is 8.01. The monoisotopic (exact) mass is 428 g/mol. The van der Waals surface area contributed by atoms with Crippen LogP contribution in [0.1, 0.15) is 51.2 Å². The molecule has 0 aliphatic heterocycles. The van der Waals surface area contributed by atoms with E-state index in [1.165, 1.54) is 0 Å². The number of ether oxygens (including phenoxy) is 1. The number of aliphatic hydroxyl groups excluding tert-OH is 1. The number of benzene rings is 1. The molecule has 9 heteroatoms. The van der Waals surface area contributed by atoms with Gasteiger partial charge in [-0.05, 0) is 38.3 Å². The molecular weight excluding hydrogens is 396 g/mol. The minimum absolute atomic E-state index is 0.0662. The molecule has 2 heterocycles. The summed E-state index contributed by atoms with van der Waals surface area (Å²) >= 11 is 0. The fraction of sp³-hybridized carbons (Fsp3) is 0.500. The van der Waals surface area contributed by atoms with E-state index in [-0.39, 0.29) is 18.6 Å². The van der Waals surface area contributed by atoms with Gasteiger partial charge in [0.05, 0.1) is 25.5 Å². The zero-order valence-electron chi connectivity index (χ0n) is 18.6. The Labute approximate surface area is 182 Å². The number of nitrogens with one attached hydrogen (secondary N) is 1. The van der Waals surface area contributed by atoms with E-state index in [0.717, 1.165) is 29.5 Å². The number of fused-ring (bicyclic) bond motifs is 1. The smallest absolute Gasteiger partial charge is 0.222 e. The van der Waals surface area contributed by atoms with Gasteiger partial charge in [0.15, 0.2) is 5.82 Å². The van der Waals surface area contributed by atoms with E-state index in [0.29, 0.717) is 30.0 Å². The molecule has 0 saturated heterocycles. The number of aromatic nitrogens is 4. The van der Waals surface area contributed by atoms with Crippen molar-refractivity contribution in [2.75, 3.05) is 24.8 Å². The molecule has 5 N–H and O–H groups in total. The van der Waals surface area contributed by atoms with Gasteiger partial charge in [-0.1, -0.05) is 25.5 Å². The van der Waals surface area contributed by atoms with Crippen LogP contribution in [0.5, 0.6) is 5.75 Å². The maximum atomic E-state index is 10.3. The number of hydrogen-bond donors (Lipinski definition) is 4. The van der Waals surface area contributed by atoms with Gasteiger partial charge in [0.1, 0.15) is 16.8 Å². The van der Waals surface area contributed by atoms with Crippen LogP contribution in [0.3, 0.4) is 0 Å². The van der Waals surface area contributed by atoms with Crippen molar-refractivity contribution in [3.8, 4) is 5.75 Å². The summed E-state index contributed by atoms with van der Waals surface area (Å²) in [6.45, 7) is 6.09. The first kappa shape index (κ1) is 22.8. The lowest BCUT2D eigenvalue weighted by Gasteiger charge is -2.20. The lowest BCUT2D eigenvalue weighted by Crippen LogP contribution is -2.22. The third-order valence-corrected chi connectivity index (χ3v) is 5.27. The zero-order chi connectivity index (χ0) is 22.6. The highest BCUT2D eigenvalue weighted by molar-refractivity contribution is 5.86. The number of hydrogen-bond acceptors (Lipinski definition) is 8. The first-order valence-electron chi connectivity index (χ1n) is 10.5. The predicted molar refractivity (Wildman–Crippen MR) is 121 cm³/mol. The van der Waals surface area contributed by atoms with Gasteiger partial charge in [-0.15, -0.1) is 0 Å². The van der Waals surface area contributed by atoms with Gasteiger partial charge < -0.3 is 26.0 Å². The molecule has 0 amide bonds. The van der Waals surface area contributed by atoms with Crippen LogP contribution in [0.25, 0.3) is 11.0 Å². The van der Waals surface area contributed by atoms with Gasteiger partial charge in [0, 0.05) is 18.2 Å². The SMILES string of the molecule is CCC[C@@H](CCO)Nc1nc(N)nc2cnn(Cc3ccc(C(C)(C)O)cc3OC)c12. The summed E-state index contributed by atoms with van der Waals surface area (Å²) in [5, 5.41) is 27.6. The normalized spacial score (nSPS) is 12.8. The average Bonchev–Trinajstić information content (AvgIpc) is 3.10. The van der Waals surface area contributed by atoms with Gasteiger partial charge in [0.2, 0.25) is 5.95 Å². The van der Waals surface area contributed by atoms with Crippen LogP contribution in [-0.2, 0) is 12.1 Å². The van der Waals surface area contributed by atoms with Gasteiger partial charge >= 0.3 is 0 Å². The Morgan fingerprint density at radius 1 is 1.26 bits per heavy atom. The Kier molecular flexibility index (Phi) is 6.97. The van der Waals surface area contributed by atoms with Crippen LogP contribution in [0.15, 0.2) is 24.4 Å². The van der Waals surface area contributed by atoms with Crippen LogP contribution in [-0.4, -0.2) is 49.7 Å². The molecule has 0 aliphatic carbocycles. The summed E-state index contributed by atoms with van der Waals surface area (Å²) in [6.07, 6.45) is 4.15. The average molecular weight is 429 g/mol. The first-order chi connectivity index (χ1) is 14.8. The first-order valence-corrected chi connectivity index (χ1v) is 10.5. The van der Waals surface area contributed by atoms with Crippen LogP contribution in [0.2, 0.25) is 0 Å². The van der Waals surface area contributed by atoms with E-state index >= 15 is 0 Å². The molecule has 3 aromatic rings. The number of nitrogens with zero attached hydrogens (tertiary/aromatic N) is 4. The van der Waals surface area contributed by atoms with Crippen molar-refractivity contribution in [3.63, 3.8) is 0 Å². The molecule has 0 bridgehead atoms. The second kappa shape index (κ2) is 9.49. The van der Waals surface area contributed by atoms with Gasteiger partial charge in [-0.3, -0.25) is 4.68 Å². The molecule has 31 heavy (non-hydrogen) atoms. The Morgan fingerprint density at radius 2 is 2.03 bits per heavy atom. The van der Waals surface area contributed by atoms with E-state index in [2.05, 4.69) is 27.3 Å².